The molecule has 1 unspecified atom stereocenters. The number of anilines is 1. The van der Waals surface area contributed by atoms with E-state index in [0.29, 0.717) is 18.7 Å². The van der Waals surface area contributed by atoms with Crippen LogP contribution in [0.1, 0.15) is 24.2 Å². The lowest BCUT2D eigenvalue weighted by Gasteiger charge is -2.12. The normalized spacial score (nSPS) is 16.8. The van der Waals surface area contributed by atoms with Gasteiger partial charge >= 0.3 is 0 Å². The Balaban J connectivity index is 1.42. The minimum absolute atomic E-state index is 0.0287. The minimum atomic E-state index is -0.115. The van der Waals surface area contributed by atoms with Crippen LogP contribution in [-0.4, -0.2) is 22.8 Å². The molecule has 2 heterocycles. The van der Waals surface area contributed by atoms with Gasteiger partial charge in [-0.05, 0) is 36.6 Å². The van der Waals surface area contributed by atoms with E-state index in [4.69, 9.17) is 4.42 Å². The average molecular weight is 344 g/mol. The zero-order chi connectivity index (χ0) is 16.8. The van der Waals surface area contributed by atoms with Crippen molar-refractivity contribution >= 4 is 29.3 Å². The molecular weight excluding hydrogens is 324 g/mol. The summed E-state index contributed by atoms with van der Waals surface area (Å²) in [6, 6.07) is 11.5. The van der Waals surface area contributed by atoms with E-state index in [-0.39, 0.29) is 17.1 Å². The van der Waals surface area contributed by atoms with E-state index >= 15 is 0 Å². The van der Waals surface area contributed by atoms with Crippen molar-refractivity contribution in [2.75, 3.05) is 11.1 Å². The van der Waals surface area contributed by atoms with Gasteiger partial charge < -0.3 is 15.1 Å². The quantitative estimate of drug-likeness (QED) is 0.845. The second-order valence-electron chi connectivity index (χ2n) is 5.65. The van der Waals surface area contributed by atoms with Crippen molar-refractivity contribution in [2.45, 2.75) is 31.1 Å². The third-order valence-corrected chi connectivity index (χ3v) is 5.22. The van der Waals surface area contributed by atoms with Crippen LogP contribution in [0.15, 0.2) is 47.1 Å². The Bertz CT molecular complexity index is 700. The number of rotatable bonds is 6. The van der Waals surface area contributed by atoms with Crippen molar-refractivity contribution in [3.05, 3.63) is 54.0 Å². The highest BCUT2D eigenvalue weighted by atomic mass is 32.2. The van der Waals surface area contributed by atoms with Crippen molar-refractivity contribution in [3.8, 4) is 0 Å². The SMILES string of the molecule is O=C(CCSC1CCc2ccccc2NC1=O)NCc1ccco1. The van der Waals surface area contributed by atoms with Gasteiger partial charge in [0.1, 0.15) is 5.76 Å². The standard InChI is InChI=1S/C18H20N2O3S/c21-17(19-12-14-5-3-10-23-14)9-11-24-16-8-7-13-4-1-2-6-15(13)20-18(16)22/h1-6,10,16H,7-9,11-12H2,(H,19,21)(H,20,22). The fraction of sp³-hybridized carbons (Fsp3) is 0.333. The number of nitrogens with one attached hydrogen (secondary N) is 2. The van der Waals surface area contributed by atoms with Crippen LogP contribution in [0, 0.1) is 0 Å². The van der Waals surface area contributed by atoms with Gasteiger partial charge in [0.15, 0.2) is 0 Å². The molecule has 5 nitrogen and oxygen atoms in total. The molecule has 0 bridgehead atoms. The predicted molar refractivity (Wildman–Crippen MR) is 94.8 cm³/mol. The van der Waals surface area contributed by atoms with Gasteiger partial charge in [-0.3, -0.25) is 9.59 Å². The number of hydrogen-bond acceptors (Lipinski definition) is 4. The van der Waals surface area contributed by atoms with E-state index in [1.165, 1.54) is 5.56 Å². The molecule has 0 saturated heterocycles. The minimum Gasteiger partial charge on any atom is -0.467 e. The number of fused-ring (bicyclic) bond motifs is 1. The Labute approximate surface area is 145 Å². The summed E-state index contributed by atoms with van der Waals surface area (Å²) >= 11 is 1.54. The van der Waals surface area contributed by atoms with Crippen LogP contribution < -0.4 is 10.6 Å². The first-order valence-electron chi connectivity index (χ1n) is 8.02. The lowest BCUT2D eigenvalue weighted by molar-refractivity contribution is -0.121. The van der Waals surface area contributed by atoms with Gasteiger partial charge in [0.25, 0.3) is 0 Å². The van der Waals surface area contributed by atoms with E-state index in [1.807, 2.05) is 30.3 Å². The lowest BCUT2D eigenvalue weighted by Crippen LogP contribution is -2.26. The second kappa shape index (κ2) is 8.06. The molecule has 1 aromatic carbocycles. The summed E-state index contributed by atoms with van der Waals surface area (Å²) < 4.78 is 5.17. The molecule has 1 aromatic heterocycles. The van der Waals surface area contributed by atoms with Crippen LogP contribution in [0.5, 0.6) is 0 Å². The number of furan rings is 1. The number of carbonyl (C=O) groups excluding carboxylic acids is 2. The van der Waals surface area contributed by atoms with Crippen LogP contribution in [0.2, 0.25) is 0 Å². The lowest BCUT2D eigenvalue weighted by atomic mass is 10.1. The van der Waals surface area contributed by atoms with E-state index in [9.17, 15) is 9.59 Å². The van der Waals surface area contributed by atoms with Gasteiger partial charge in [-0.25, -0.2) is 0 Å². The maximum Gasteiger partial charge on any atom is 0.237 e. The van der Waals surface area contributed by atoms with Crippen LogP contribution in [0.25, 0.3) is 0 Å². The Morgan fingerprint density at radius 3 is 3.00 bits per heavy atom. The molecule has 2 aromatic rings. The third kappa shape index (κ3) is 4.41. The highest BCUT2D eigenvalue weighted by Gasteiger charge is 2.23. The summed E-state index contributed by atoms with van der Waals surface area (Å²) in [5.74, 6) is 1.35. The number of hydrogen-bond donors (Lipinski definition) is 2. The molecule has 0 saturated carbocycles. The van der Waals surface area contributed by atoms with E-state index in [1.54, 1.807) is 24.1 Å². The monoisotopic (exact) mass is 344 g/mol. The topological polar surface area (TPSA) is 71.3 Å². The number of benzene rings is 1. The Hall–Kier alpha value is -2.21. The molecule has 0 radical (unpaired) electrons. The van der Waals surface area contributed by atoms with Crippen molar-refractivity contribution in [1.29, 1.82) is 0 Å². The first-order valence-corrected chi connectivity index (χ1v) is 9.07. The highest BCUT2D eigenvalue weighted by Crippen LogP contribution is 2.27. The van der Waals surface area contributed by atoms with Crippen molar-refractivity contribution in [2.24, 2.45) is 0 Å². The van der Waals surface area contributed by atoms with Crippen molar-refractivity contribution in [3.63, 3.8) is 0 Å². The summed E-state index contributed by atoms with van der Waals surface area (Å²) in [7, 11) is 0. The first-order chi connectivity index (χ1) is 11.7. The fourth-order valence-corrected chi connectivity index (χ4v) is 3.71. The van der Waals surface area contributed by atoms with Crippen LogP contribution in [0.4, 0.5) is 5.69 Å². The summed E-state index contributed by atoms with van der Waals surface area (Å²) in [5.41, 5.74) is 2.08. The van der Waals surface area contributed by atoms with E-state index in [2.05, 4.69) is 10.6 Å². The fourth-order valence-electron chi connectivity index (χ4n) is 2.63. The van der Waals surface area contributed by atoms with Crippen LogP contribution in [0.3, 0.4) is 0 Å². The van der Waals surface area contributed by atoms with Gasteiger partial charge in [-0.2, -0.15) is 0 Å². The molecule has 24 heavy (non-hydrogen) atoms. The van der Waals surface area contributed by atoms with Crippen molar-refractivity contribution in [1.82, 2.24) is 5.32 Å². The van der Waals surface area contributed by atoms with Gasteiger partial charge in [0.05, 0.1) is 18.1 Å². The second-order valence-corrected chi connectivity index (χ2v) is 6.96. The molecule has 2 amide bonds. The number of aryl methyl sites for hydroxylation is 1. The highest BCUT2D eigenvalue weighted by molar-refractivity contribution is 8.00. The first kappa shape index (κ1) is 16.6. The molecular formula is C18H20N2O3S. The summed E-state index contributed by atoms with van der Waals surface area (Å²) in [6.07, 6.45) is 3.64. The van der Waals surface area contributed by atoms with Crippen LogP contribution >= 0.6 is 11.8 Å². The molecule has 1 atom stereocenters. The van der Waals surface area contributed by atoms with Crippen molar-refractivity contribution < 1.29 is 14.0 Å². The molecule has 6 heteroatoms. The Kier molecular flexibility index (Phi) is 5.59. The molecule has 1 aliphatic heterocycles. The van der Waals surface area contributed by atoms with Gasteiger partial charge in [-0.1, -0.05) is 18.2 Å². The summed E-state index contributed by atoms with van der Waals surface area (Å²) in [4.78, 5) is 24.1. The van der Waals surface area contributed by atoms with Gasteiger partial charge in [0, 0.05) is 17.9 Å². The molecule has 0 spiro atoms. The number of para-hydroxylation sites is 1. The molecule has 3 rings (SSSR count). The molecule has 2 N–H and O–H groups in total. The van der Waals surface area contributed by atoms with Crippen LogP contribution in [-0.2, 0) is 22.6 Å². The number of carbonyl (C=O) groups is 2. The molecule has 0 fully saturated rings. The number of thioether (sulfide) groups is 1. The largest absolute Gasteiger partial charge is 0.467 e. The van der Waals surface area contributed by atoms with E-state index < -0.39 is 0 Å². The maximum atomic E-state index is 12.3. The smallest absolute Gasteiger partial charge is 0.237 e. The zero-order valence-corrected chi connectivity index (χ0v) is 14.1. The molecule has 0 aliphatic carbocycles. The average Bonchev–Trinajstić information content (AvgIpc) is 3.05. The predicted octanol–water partition coefficient (Wildman–Crippen LogP) is 2.97. The zero-order valence-electron chi connectivity index (χ0n) is 13.3. The summed E-state index contributed by atoms with van der Waals surface area (Å²) in [5, 5.41) is 5.68. The Morgan fingerprint density at radius 2 is 2.17 bits per heavy atom. The number of amides is 2. The third-order valence-electron chi connectivity index (χ3n) is 3.93. The van der Waals surface area contributed by atoms with E-state index in [0.717, 1.165) is 24.3 Å². The Morgan fingerprint density at radius 1 is 1.29 bits per heavy atom. The summed E-state index contributed by atoms with van der Waals surface area (Å²) in [6.45, 7) is 0.399. The molecule has 126 valence electrons. The van der Waals surface area contributed by atoms with Gasteiger partial charge in [-0.15, -0.1) is 11.8 Å². The van der Waals surface area contributed by atoms with Gasteiger partial charge in [0.2, 0.25) is 11.8 Å². The maximum absolute atomic E-state index is 12.3. The molecule has 1 aliphatic rings.